The standard InChI is InChI=1S/C12H15ClO3S/c1-15-12(16-2)8-17-10-5-3-9(4-6-10)11(14)7-13/h3-6,12H,7-8H2,1-2H3. The van der Waals surface area contributed by atoms with Crippen molar-refractivity contribution in [1.29, 1.82) is 0 Å². The van der Waals surface area contributed by atoms with Crippen molar-refractivity contribution in [3.05, 3.63) is 29.8 Å². The zero-order valence-electron chi connectivity index (χ0n) is 9.81. The molecule has 0 atom stereocenters. The van der Waals surface area contributed by atoms with Gasteiger partial charge in [-0.3, -0.25) is 4.79 Å². The van der Waals surface area contributed by atoms with Gasteiger partial charge in [0.2, 0.25) is 0 Å². The third-order valence-electron chi connectivity index (χ3n) is 2.21. The topological polar surface area (TPSA) is 35.5 Å². The molecular formula is C12H15ClO3S. The van der Waals surface area contributed by atoms with Gasteiger partial charge in [0.25, 0.3) is 0 Å². The molecule has 17 heavy (non-hydrogen) atoms. The number of alkyl halides is 1. The van der Waals surface area contributed by atoms with Crippen molar-refractivity contribution < 1.29 is 14.3 Å². The number of thioether (sulfide) groups is 1. The second-order valence-electron chi connectivity index (χ2n) is 3.29. The van der Waals surface area contributed by atoms with Crippen LogP contribution < -0.4 is 0 Å². The van der Waals surface area contributed by atoms with Gasteiger partial charge in [0.05, 0.1) is 5.88 Å². The molecule has 0 unspecified atom stereocenters. The molecule has 0 N–H and O–H groups in total. The van der Waals surface area contributed by atoms with E-state index in [0.29, 0.717) is 11.3 Å². The summed E-state index contributed by atoms with van der Waals surface area (Å²) in [6.07, 6.45) is -0.218. The number of carbonyl (C=O) groups is 1. The van der Waals surface area contributed by atoms with Gasteiger partial charge in [0.1, 0.15) is 0 Å². The predicted molar refractivity (Wildman–Crippen MR) is 70.0 cm³/mol. The lowest BCUT2D eigenvalue weighted by Crippen LogP contribution is -2.15. The number of halogens is 1. The maximum atomic E-state index is 11.3. The van der Waals surface area contributed by atoms with Crippen LogP contribution in [0.5, 0.6) is 0 Å². The number of Topliss-reactive ketones (excluding diaryl/α,β-unsaturated/α-hetero) is 1. The highest BCUT2D eigenvalue weighted by Gasteiger charge is 2.07. The van der Waals surface area contributed by atoms with E-state index in [1.165, 1.54) is 0 Å². The van der Waals surface area contributed by atoms with Crippen LogP contribution in [-0.2, 0) is 9.47 Å². The van der Waals surface area contributed by atoms with E-state index >= 15 is 0 Å². The summed E-state index contributed by atoms with van der Waals surface area (Å²) >= 11 is 7.09. The maximum Gasteiger partial charge on any atom is 0.177 e. The van der Waals surface area contributed by atoms with Gasteiger partial charge in [-0.1, -0.05) is 12.1 Å². The minimum atomic E-state index is -0.218. The first-order valence-electron chi connectivity index (χ1n) is 5.09. The average molecular weight is 275 g/mol. The van der Waals surface area contributed by atoms with Gasteiger partial charge < -0.3 is 9.47 Å². The first-order valence-corrected chi connectivity index (χ1v) is 6.61. The van der Waals surface area contributed by atoms with Crippen molar-refractivity contribution in [1.82, 2.24) is 0 Å². The van der Waals surface area contributed by atoms with Crippen LogP contribution in [0.4, 0.5) is 0 Å². The monoisotopic (exact) mass is 274 g/mol. The van der Waals surface area contributed by atoms with Gasteiger partial charge in [-0.25, -0.2) is 0 Å². The van der Waals surface area contributed by atoms with E-state index < -0.39 is 0 Å². The molecule has 0 aliphatic heterocycles. The Labute approximate surface area is 110 Å². The normalized spacial score (nSPS) is 10.8. The highest BCUT2D eigenvalue weighted by Crippen LogP contribution is 2.20. The molecule has 0 amide bonds. The molecule has 0 saturated heterocycles. The van der Waals surface area contributed by atoms with Crippen molar-refractivity contribution in [2.24, 2.45) is 0 Å². The van der Waals surface area contributed by atoms with Gasteiger partial charge in [0, 0.05) is 30.4 Å². The molecule has 0 fully saturated rings. The van der Waals surface area contributed by atoms with E-state index in [0.717, 1.165) is 4.90 Å². The van der Waals surface area contributed by atoms with Crippen LogP contribution >= 0.6 is 23.4 Å². The number of rotatable bonds is 7. The number of hydrogen-bond donors (Lipinski definition) is 0. The molecule has 0 aromatic heterocycles. The summed E-state index contributed by atoms with van der Waals surface area (Å²) in [5.41, 5.74) is 0.638. The molecule has 1 rings (SSSR count). The summed E-state index contributed by atoms with van der Waals surface area (Å²) < 4.78 is 10.2. The minimum Gasteiger partial charge on any atom is -0.355 e. The van der Waals surface area contributed by atoms with Crippen molar-refractivity contribution >= 4 is 29.1 Å². The number of ether oxygens (including phenoxy) is 2. The molecule has 0 spiro atoms. The van der Waals surface area contributed by atoms with E-state index in [9.17, 15) is 4.79 Å². The second-order valence-corrected chi connectivity index (χ2v) is 4.65. The third-order valence-corrected chi connectivity index (χ3v) is 3.50. The average Bonchev–Trinajstić information content (AvgIpc) is 2.39. The van der Waals surface area contributed by atoms with E-state index in [1.807, 2.05) is 12.1 Å². The van der Waals surface area contributed by atoms with Crippen molar-refractivity contribution in [2.45, 2.75) is 11.2 Å². The fourth-order valence-corrected chi connectivity index (χ4v) is 2.29. The highest BCUT2D eigenvalue weighted by atomic mass is 35.5. The summed E-state index contributed by atoms with van der Waals surface area (Å²) in [5.74, 6) is 0.660. The Morgan fingerprint density at radius 2 is 1.88 bits per heavy atom. The second kappa shape index (κ2) is 7.71. The third kappa shape index (κ3) is 4.68. The smallest absolute Gasteiger partial charge is 0.177 e. The van der Waals surface area contributed by atoms with Crippen LogP contribution in [0.3, 0.4) is 0 Å². The summed E-state index contributed by atoms with van der Waals surface area (Å²) in [5, 5.41) is 0. The van der Waals surface area contributed by atoms with Gasteiger partial charge in [-0.15, -0.1) is 23.4 Å². The number of benzene rings is 1. The van der Waals surface area contributed by atoms with Crippen LogP contribution in [0.1, 0.15) is 10.4 Å². The maximum absolute atomic E-state index is 11.3. The van der Waals surface area contributed by atoms with Crippen molar-refractivity contribution in [2.75, 3.05) is 25.9 Å². The molecule has 1 aromatic carbocycles. The van der Waals surface area contributed by atoms with E-state index in [-0.39, 0.29) is 18.0 Å². The van der Waals surface area contributed by atoms with Gasteiger partial charge in [0.15, 0.2) is 12.1 Å². The lowest BCUT2D eigenvalue weighted by atomic mass is 10.1. The molecule has 0 radical (unpaired) electrons. The highest BCUT2D eigenvalue weighted by molar-refractivity contribution is 7.99. The quantitative estimate of drug-likeness (QED) is 0.331. The summed E-state index contributed by atoms with van der Waals surface area (Å²) in [6, 6.07) is 7.35. The molecular weight excluding hydrogens is 260 g/mol. The van der Waals surface area contributed by atoms with Gasteiger partial charge >= 0.3 is 0 Å². The van der Waals surface area contributed by atoms with Crippen molar-refractivity contribution in [3.63, 3.8) is 0 Å². The minimum absolute atomic E-state index is 0.0158. The predicted octanol–water partition coefficient (Wildman–Crippen LogP) is 2.82. The Kier molecular flexibility index (Phi) is 6.58. The van der Waals surface area contributed by atoms with E-state index in [2.05, 4.69) is 0 Å². The Morgan fingerprint density at radius 1 is 1.29 bits per heavy atom. The zero-order chi connectivity index (χ0) is 12.7. The number of ketones is 1. The molecule has 0 heterocycles. The molecule has 5 heteroatoms. The first kappa shape index (κ1) is 14.5. The molecule has 3 nitrogen and oxygen atoms in total. The van der Waals surface area contributed by atoms with Crippen LogP contribution in [0, 0.1) is 0 Å². The van der Waals surface area contributed by atoms with Crippen LogP contribution in [0.15, 0.2) is 29.2 Å². The zero-order valence-corrected chi connectivity index (χ0v) is 11.4. The molecule has 94 valence electrons. The Hall–Kier alpha value is -0.550. The number of hydrogen-bond acceptors (Lipinski definition) is 4. The summed E-state index contributed by atoms with van der Waals surface area (Å²) in [7, 11) is 3.22. The van der Waals surface area contributed by atoms with Crippen LogP contribution in [-0.4, -0.2) is 37.9 Å². The van der Waals surface area contributed by atoms with Gasteiger partial charge in [-0.2, -0.15) is 0 Å². The molecule has 0 saturated carbocycles. The Morgan fingerprint density at radius 3 is 2.35 bits per heavy atom. The van der Waals surface area contributed by atoms with Crippen molar-refractivity contribution in [3.8, 4) is 0 Å². The number of methoxy groups -OCH3 is 2. The van der Waals surface area contributed by atoms with Crippen LogP contribution in [0.2, 0.25) is 0 Å². The van der Waals surface area contributed by atoms with Gasteiger partial charge in [-0.05, 0) is 12.1 Å². The number of carbonyl (C=O) groups excluding carboxylic acids is 1. The summed E-state index contributed by atoms with van der Waals surface area (Å²) in [6.45, 7) is 0. The van der Waals surface area contributed by atoms with E-state index in [1.54, 1.807) is 38.1 Å². The van der Waals surface area contributed by atoms with Crippen LogP contribution in [0.25, 0.3) is 0 Å². The Bertz CT molecular complexity index is 349. The molecule has 1 aromatic rings. The lowest BCUT2D eigenvalue weighted by Gasteiger charge is -2.12. The molecule has 0 aliphatic carbocycles. The summed E-state index contributed by atoms with van der Waals surface area (Å²) in [4.78, 5) is 12.4. The lowest BCUT2D eigenvalue weighted by molar-refractivity contribution is -0.0842. The van der Waals surface area contributed by atoms with E-state index in [4.69, 9.17) is 21.1 Å². The SMILES string of the molecule is COC(CSc1ccc(C(=O)CCl)cc1)OC. The largest absolute Gasteiger partial charge is 0.355 e. The fraction of sp³-hybridized carbons (Fsp3) is 0.417. The molecule has 0 bridgehead atoms. The fourth-order valence-electron chi connectivity index (χ4n) is 1.21. The first-order chi connectivity index (χ1) is 8.21. The Balaban J connectivity index is 2.53. The molecule has 0 aliphatic rings.